The second kappa shape index (κ2) is 10.2. The van der Waals surface area contributed by atoms with Gasteiger partial charge in [-0.3, -0.25) is 10.5 Å². The van der Waals surface area contributed by atoms with E-state index in [1.165, 1.54) is 18.3 Å². The molecule has 31 heavy (non-hydrogen) atoms. The largest absolute Gasteiger partial charge is 0.573 e. The van der Waals surface area contributed by atoms with E-state index in [0.717, 1.165) is 25.0 Å². The summed E-state index contributed by atoms with van der Waals surface area (Å²) in [6.07, 6.45) is -1.09. The Hall–Kier alpha value is -3.26. The van der Waals surface area contributed by atoms with E-state index in [2.05, 4.69) is 26.0 Å². The molecule has 1 aliphatic rings. The zero-order valence-corrected chi connectivity index (χ0v) is 17.2. The number of nitrogens with one attached hydrogen (secondary N) is 2. The lowest BCUT2D eigenvalue weighted by atomic mass is 9.82. The van der Waals surface area contributed by atoms with Crippen LogP contribution in [0.2, 0.25) is 0 Å². The van der Waals surface area contributed by atoms with Gasteiger partial charge in [0.05, 0.1) is 12.0 Å². The van der Waals surface area contributed by atoms with Gasteiger partial charge in [0.15, 0.2) is 0 Å². The zero-order chi connectivity index (χ0) is 23.2. The van der Waals surface area contributed by atoms with Crippen LogP contribution >= 0.6 is 0 Å². The first-order valence-corrected chi connectivity index (χ1v) is 9.58. The molecule has 11 heteroatoms. The Morgan fingerprint density at radius 2 is 1.94 bits per heavy atom. The summed E-state index contributed by atoms with van der Waals surface area (Å²) in [5.74, 6) is -1.52. The van der Waals surface area contributed by atoms with Gasteiger partial charge in [0.25, 0.3) is 11.7 Å². The summed E-state index contributed by atoms with van der Waals surface area (Å²) in [5, 5.41) is 12.6. The molecule has 2 rings (SSSR count). The maximum absolute atomic E-state index is 12.2. The lowest BCUT2D eigenvalue weighted by molar-refractivity contribution is -0.354. The van der Waals surface area contributed by atoms with Crippen molar-refractivity contribution in [1.82, 2.24) is 10.2 Å². The number of nitrogens with two attached hydrogens (primary N) is 2. The van der Waals surface area contributed by atoms with Gasteiger partial charge in [0.2, 0.25) is 0 Å². The Bertz CT molecular complexity index is 874. The number of nitriles is 1. The highest BCUT2D eigenvalue weighted by atomic mass is 19.4. The van der Waals surface area contributed by atoms with Crippen LogP contribution in [0.3, 0.4) is 0 Å². The minimum atomic E-state index is -4.79. The van der Waals surface area contributed by atoms with E-state index in [1.807, 2.05) is 14.1 Å². The number of nitrogens with zero attached hydrogens (tertiary/aromatic N) is 2. The Morgan fingerprint density at radius 1 is 1.29 bits per heavy atom. The normalized spacial score (nSPS) is 22.7. The lowest BCUT2D eigenvalue weighted by Gasteiger charge is -2.36. The highest BCUT2D eigenvalue weighted by molar-refractivity contribution is 6.17. The molecule has 1 fully saturated rings. The third-order valence-electron chi connectivity index (χ3n) is 5.08. The van der Waals surface area contributed by atoms with Gasteiger partial charge >= 0.3 is 6.36 Å². The maximum Gasteiger partial charge on any atom is 0.573 e. The van der Waals surface area contributed by atoms with Crippen molar-refractivity contribution < 1.29 is 27.7 Å². The number of alkyl halides is 3. The number of carbonyl (C=O) groups excluding carboxylic acids is 1. The molecule has 6 N–H and O–H groups in total. The van der Waals surface area contributed by atoms with E-state index in [9.17, 15) is 23.2 Å². The Morgan fingerprint density at radius 3 is 2.45 bits per heavy atom. The first kappa shape index (κ1) is 24.0. The fraction of sp³-hybridized carbons (Fsp3) is 0.450. The van der Waals surface area contributed by atoms with E-state index >= 15 is 0 Å². The van der Waals surface area contributed by atoms with E-state index in [4.69, 9.17) is 11.5 Å². The minimum absolute atomic E-state index is 0.0398. The molecule has 0 radical (unpaired) electrons. The number of amidine groups is 1. The lowest BCUT2D eigenvalue weighted by Crippen LogP contribution is -2.70. The first-order valence-electron chi connectivity index (χ1n) is 9.58. The van der Waals surface area contributed by atoms with Gasteiger partial charge in [-0.15, -0.1) is 13.2 Å². The molecule has 0 unspecified atom stereocenters. The van der Waals surface area contributed by atoms with Gasteiger partial charge in [0.1, 0.15) is 17.0 Å². The monoisotopic (exact) mass is 439 g/mol. The number of hydrogen-bond acceptors (Lipinski definition) is 5. The standard InChI is InChI=1S/C20H25F3N6O2/c1-29(2)14-5-8-17(12(9-14)10-24)27-11-16(19(26)30)18(25)28-13-3-6-15(7-4-13)31-20(21,22)23/h3-4,6-7,11-12,14,17,27H,5,8-9H2,1-2H3,(H2,25,28)(H2,26,30)/p+1/b16-11+/t12-,14+,17+/m1/s1. The number of rotatable bonds is 7. The highest BCUT2D eigenvalue weighted by Gasteiger charge is 2.32. The number of amides is 1. The summed E-state index contributed by atoms with van der Waals surface area (Å²) >= 11 is 0. The third kappa shape index (κ3) is 7.18. The average Bonchev–Trinajstić information content (AvgIpc) is 2.68. The second-order valence-electron chi connectivity index (χ2n) is 7.47. The molecule has 0 saturated heterocycles. The second-order valence-corrected chi connectivity index (χ2v) is 7.47. The van der Waals surface area contributed by atoms with Crippen LogP contribution in [0.4, 0.5) is 18.9 Å². The summed E-state index contributed by atoms with van der Waals surface area (Å²) < 4.78 is 40.6. The fourth-order valence-corrected chi connectivity index (χ4v) is 3.39. The molecular weight excluding hydrogens is 413 g/mol. The Balaban J connectivity index is 2.13. The van der Waals surface area contributed by atoms with Crippen molar-refractivity contribution in [3.63, 3.8) is 0 Å². The number of benzene rings is 1. The molecular formula is C20H26F3N6O2+. The number of halogens is 3. The summed E-state index contributed by atoms with van der Waals surface area (Å²) in [4.78, 5) is 16.7. The molecule has 0 aromatic heterocycles. The molecule has 1 amide bonds. The molecule has 1 aromatic carbocycles. The topological polar surface area (TPSA) is 131 Å². The van der Waals surface area contributed by atoms with Crippen molar-refractivity contribution in [1.29, 1.82) is 5.26 Å². The summed E-state index contributed by atoms with van der Waals surface area (Å²) in [5.41, 5.74) is 11.7. The first-order chi connectivity index (χ1) is 14.5. The number of hydrogen-bond donors (Lipinski definition) is 4. The molecule has 8 nitrogen and oxygen atoms in total. The number of ether oxygens (including phenoxy) is 1. The van der Waals surface area contributed by atoms with Crippen molar-refractivity contribution in [2.24, 2.45) is 17.4 Å². The Labute approximate surface area is 178 Å². The molecule has 0 heterocycles. The van der Waals surface area contributed by atoms with Crippen molar-refractivity contribution in [2.75, 3.05) is 14.1 Å². The van der Waals surface area contributed by atoms with Crippen molar-refractivity contribution in [3.05, 3.63) is 36.0 Å². The van der Waals surface area contributed by atoms with Crippen LogP contribution in [0, 0.1) is 17.2 Å². The minimum Gasteiger partial charge on any atom is -0.406 e. The van der Waals surface area contributed by atoms with Crippen molar-refractivity contribution in [2.45, 2.75) is 37.7 Å². The van der Waals surface area contributed by atoms with Crippen LogP contribution < -0.4 is 26.5 Å². The van der Waals surface area contributed by atoms with Crippen LogP contribution in [0.5, 0.6) is 5.75 Å². The molecule has 0 aliphatic heterocycles. The smallest absolute Gasteiger partial charge is 0.406 e. The number of primary amides is 1. The van der Waals surface area contributed by atoms with Gasteiger partial charge in [-0.2, -0.15) is 5.26 Å². The van der Waals surface area contributed by atoms with Crippen LogP contribution in [0.1, 0.15) is 19.3 Å². The fourth-order valence-electron chi connectivity index (χ4n) is 3.39. The van der Waals surface area contributed by atoms with Gasteiger partial charge in [-0.25, -0.2) is 4.99 Å². The van der Waals surface area contributed by atoms with Crippen LogP contribution in [0.15, 0.2) is 36.0 Å². The predicted octanol–water partition coefficient (Wildman–Crippen LogP) is 0.236. The highest BCUT2D eigenvalue weighted by Crippen LogP contribution is 2.27. The van der Waals surface area contributed by atoms with E-state index in [0.29, 0.717) is 18.2 Å². The van der Waals surface area contributed by atoms with E-state index in [1.54, 1.807) is 0 Å². The Kier molecular flexibility index (Phi) is 7.88. The zero-order valence-electron chi connectivity index (χ0n) is 17.2. The van der Waals surface area contributed by atoms with Crippen LogP contribution in [-0.2, 0) is 4.79 Å². The predicted molar refractivity (Wildman–Crippen MR) is 108 cm³/mol. The molecule has 1 aromatic rings. The molecule has 1 saturated carbocycles. The number of carbonyl (C=O) groups is 1. The van der Waals surface area contributed by atoms with Crippen molar-refractivity contribution >= 4 is 17.4 Å². The molecule has 168 valence electrons. The summed E-state index contributed by atoms with van der Waals surface area (Å²) in [6, 6.07) is 7.29. The van der Waals surface area contributed by atoms with E-state index < -0.39 is 12.3 Å². The van der Waals surface area contributed by atoms with Gasteiger partial charge in [-0.1, -0.05) is 0 Å². The maximum atomic E-state index is 12.2. The molecule has 0 bridgehead atoms. The van der Waals surface area contributed by atoms with E-state index in [-0.39, 0.29) is 29.1 Å². The van der Waals surface area contributed by atoms with Gasteiger partial charge in [0, 0.05) is 18.3 Å². The van der Waals surface area contributed by atoms with Crippen LogP contribution in [-0.4, -0.2) is 49.2 Å². The molecule has 0 spiro atoms. The quantitative estimate of drug-likeness (QED) is 0.273. The summed E-state index contributed by atoms with van der Waals surface area (Å²) in [6.45, 7) is 0. The third-order valence-corrected chi connectivity index (χ3v) is 5.08. The van der Waals surface area contributed by atoms with Crippen molar-refractivity contribution in [3.8, 4) is 11.8 Å². The summed E-state index contributed by atoms with van der Waals surface area (Å²) in [7, 11) is 3.95. The molecule has 1 aliphatic carbocycles. The average molecular weight is 439 g/mol. The van der Waals surface area contributed by atoms with Gasteiger partial charge in [-0.05, 0) is 57.6 Å². The van der Waals surface area contributed by atoms with Crippen LogP contribution in [0.25, 0.3) is 0 Å². The SMILES string of the molecule is CN(C)[C@H]1CC[C@H](N/C=C(/C(N)=O)C(N)=[NH+]c2ccc(OC(F)(F)F)cc2)[C@@H](C#N)C1. The van der Waals surface area contributed by atoms with Gasteiger partial charge < -0.3 is 20.7 Å². The molecule has 3 atom stereocenters.